The van der Waals surface area contributed by atoms with Gasteiger partial charge in [0.15, 0.2) is 0 Å². The summed E-state index contributed by atoms with van der Waals surface area (Å²) < 4.78 is 40.7. The van der Waals surface area contributed by atoms with Gasteiger partial charge in [-0.1, -0.05) is 0 Å². The standard InChI is InChI=1S/C21H18F3N5O4/c22-21(23,24)33-15-3-1-14(2-4-15)28-20(32)12-5-16(13-6-25-11-26-7-13)19(27-8-12)29-9-17(30)18(31)10-29/h1-8,11,17-18,30-31H,9-10H2,(H,28,32)/t17-,18+. The maximum absolute atomic E-state index is 12.8. The highest BCUT2D eigenvalue weighted by Gasteiger charge is 2.32. The summed E-state index contributed by atoms with van der Waals surface area (Å²) in [4.78, 5) is 26.8. The lowest BCUT2D eigenvalue weighted by Crippen LogP contribution is -2.23. The van der Waals surface area contributed by atoms with Crippen LogP contribution in [0.2, 0.25) is 0 Å². The molecule has 12 heteroatoms. The predicted molar refractivity (Wildman–Crippen MR) is 111 cm³/mol. The molecule has 1 saturated heterocycles. The van der Waals surface area contributed by atoms with Gasteiger partial charge in [-0.3, -0.25) is 4.79 Å². The number of alkyl halides is 3. The molecule has 0 bridgehead atoms. The lowest BCUT2D eigenvalue weighted by Gasteiger charge is -2.20. The largest absolute Gasteiger partial charge is 0.573 e. The molecule has 3 N–H and O–H groups in total. The lowest BCUT2D eigenvalue weighted by molar-refractivity contribution is -0.274. The quantitative estimate of drug-likeness (QED) is 0.529. The maximum atomic E-state index is 12.8. The van der Waals surface area contributed by atoms with Crippen molar-refractivity contribution in [2.24, 2.45) is 0 Å². The fourth-order valence-electron chi connectivity index (χ4n) is 3.37. The number of amides is 1. The molecule has 0 radical (unpaired) electrons. The van der Waals surface area contributed by atoms with E-state index in [0.717, 1.165) is 12.1 Å². The molecule has 172 valence electrons. The zero-order chi connectivity index (χ0) is 23.6. The highest BCUT2D eigenvalue weighted by molar-refractivity contribution is 6.05. The normalized spacial score (nSPS) is 18.3. The summed E-state index contributed by atoms with van der Waals surface area (Å²) >= 11 is 0. The van der Waals surface area contributed by atoms with E-state index in [1.807, 2.05) is 0 Å². The minimum absolute atomic E-state index is 0.159. The lowest BCUT2D eigenvalue weighted by atomic mass is 10.1. The molecule has 1 amide bonds. The van der Waals surface area contributed by atoms with E-state index < -0.39 is 30.2 Å². The van der Waals surface area contributed by atoms with Gasteiger partial charge in [0, 0.05) is 48.5 Å². The molecule has 4 rings (SSSR count). The number of pyridine rings is 1. The van der Waals surface area contributed by atoms with E-state index in [0.29, 0.717) is 16.9 Å². The Morgan fingerprint density at radius 2 is 1.70 bits per heavy atom. The first-order valence-electron chi connectivity index (χ1n) is 9.73. The molecule has 1 aromatic carbocycles. The van der Waals surface area contributed by atoms with Crippen molar-refractivity contribution in [3.05, 3.63) is 60.8 Å². The highest BCUT2D eigenvalue weighted by Crippen LogP contribution is 2.32. The summed E-state index contributed by atoms with van der Waals surface area (Å²) in [6.45, 7) is 0.319. The van der Waals surface area contributed by atoms with Crippen LogP contribution in [0.15, 0.2) is 55.2 Å². The van der Waals surface area contributed by atoms with Crippen molar-refractivity contribution >= 4 is 17.4 Å². The molecule has 0 spiro atoms. The Bertz CT molecular complexity index is 1120. The van der Waals surface area contributed by atoms with Crippen molar-refractivity contribution in [1.82, 2.24) is 15.0 Å². The topological polar surface area (TPSA) is 121 Å². The Hall–Kier alpha value is -3.77. The predicted octanol–water partition coefficient (Wildman–Crippen LogP) is 2.23. The van der Waals surface area contributed by atoms with Gasteiger partial charge in [0.05, 0.1) is 17.8 Å². The minimum atomic E-state index is -4.81. The molecule has 0 aliphatic carbocycles. The van der Waals surface area contributed by atoms with Crippen LogP contribution in [-0.4, -0.2) is 62.7 Å². The first-order valence-corrected chi connectivity index (χ1v) is 9.73. The van der Waals surface area contributed by atoms with Crippen molar-refractivity contribution in [3.63, 3.8) is 0 Å². The third kappa shape index (κ3) is 5.35. The number of halogens is 3. The third-order valence-corrected chi connectivity index (χ3v) is 4.90. The Morgan fingerprint density at radius 3 is 2.30 bits per heavy atom. The first kappa shape index (κ1) is 22.4. The van der Waals surface area contributed by atoms with Gasteiger partial charge < -0.3 is 25.2 Å². The van der Waals surface area contributed by atoms with Gasteiger partial charge in [0.1, 0.15) is 17.9 Å². The average Bonchev–Trinajstić information content (AvgIpc) is 3.12. The summed E-state index contributed by atoms with van der Waals surface area (Å²) in [5, 5.41) is 22.4. The number of β-amino-alcohol motifs (C(OH)–C–C–N with tert-alkyl or cyclic N) is 2. The summed E-state index contributed by atoms with van der Waals surface area (Å²) in [6, 6.07) is 6.29. The fourth-order valence-corrected chi connectivity index (χ4v) is 3.37. The van der Waals surface area contributed by atoms with Gasteiger partial charge in [-0.15, -0.1) is 13.2 Å². The van der Waals surface area contributed by atoms with Crippen LogP contribution in [-0.2, 0) is 0 Å². The number of rotatable bonds is 5. The van der Waals surface area contributed by atoms with E-state index in [1.54, 1.807) is 11.0 Å². The van der Waals surface area contributed by atoms with E-state index >= 15 is 0 Å². The van der Waals surface area contributed by atoms with Crippen molar-refractivity contribution in [1.29, 1.82) is 0 Å². The monoisotopic (exact) mass is 461 g/mol. The molecule has 0 saturated carbocycles. The van der Waals surface area contributed by atoms with Crippen LogP contribution >= 0.6 is 0 Å². The van der Waals surface area contributed by atoms with Crippen LogP contribution < -0.4 is 15.0 Å². The Kier molecular flexibility index (Phi) is 6.11. The van der Waals surface area contributed by atoms with E-state index in [2.05, 4.69) is 25.0 Å². The van der Waals surface area contributed by atoms with Gasteiger partial charge in [0.25, 0.3) is 5.91 Å². The van der Waals surface area contributed by atoms with E-state index in [9.17, 15) is 28.2 Å². The number of anilines is 2. The van der Waals surface area contributed by atoms with Gasteiger partial charge in [0.2, 0.25) is 0 Å². The van der Waals surface area contributed by atoms with E-state index in [4.69, 9.17) is 0 Å². The summed E-state index contributed by atoms with van der Waals surface area (Å²) in [5.74, 6) is -0.517. The Morgan fingerprint density at radius 1 is 1.06 bits per heavy atom. The Labute approximate surface area is 185 Å². The number of aromatic nitrogens is 3. The van der Waals surface area contributed by atoms with Crippen LogP contribution in [0.1, 0.15) is 10.4 Å². The average molecular weight is 461 g/mol. The van der Waals surface area contributed by atoms with Gasteiger partial charge in [-0.2, -0.15) is 0 Å². The molecule has 9 nitrogen and oxygen atoms in total. The highest BCUT2D eigenvalue weighted by atomic mass is 19.4. The second kappa shape index (κ2) is 9.00. The van der Waals surface area contributed by atoms with Crippen LogP contribution in [0.3, 0.4) is 0 Å². The molecule has 0 unspecified atom stereocenters. The summed E-state index contributed by atoms with van der Waals surface area (Å²) in [7, 11) is 0. The number of aliphatic hydroxyl groups excluding tert-OH is 2. The number of carbonyl (C=O) groups is 1. The number of benzene rings is 1. The molecule has 1 aliphatic heterocycles. The molecule has 3 aromatic rings. The fraction of sp³-hybridized carbons (Fsp3) is 0.238. The Balaban J connectivity index is 1.58. The van der Waals surface area contributed by atoms with Crippen LogP contribution in [0.4, 0.5) is 24.7 Å². The summed E-state index contributed by atoms with van der Waals surface area (Å²) in [5.41, 5.74) is 1.51. The van der Waals surface area contributed by atoms with E-state index in [1.165, 1.54) is 37.1 Å². The minimum Gasteiger partial charge on any atom is -0.406 e. The number of nitrogens with one attached hydrogen (secondary N) is 1. The summed E-state index contributed by atoms with van der Waals surface area (Å²) in [6.07, 6.45) is -0.914. The molecule has 33 heavy (non-hydrogen) atoms. The van der Waals surface area contributed by atoms with Gasteiger partial charge in [-0.25, -0.2) is 15.0 Å². The number of hydrogen-bond acceptors (Lipinski definition) is 8. The molecule has 2 aromatic heterocycles. The van der Waals surface area contributed by atoms with Crippen LogP contribution in [0.25, 0.3) is 11.1 Å². The number of nitrogens with zero attached hydrogens (tertiary/aromatic N) is 4. The van der Waals surface area contributed by atoms with Gasteiger partial charge >= 0.3 is 6.36 Å². The third-order valence-electron chi connectivity index (χ3n) is 4.90. The number of ether oxygens (including phenoxy) is 1. The van der Waals surface area contributed by atoms with Crippen molar-refractivity contribution in [3.8, 4) is 16.9 Å². The van der Waals surface area contributed by atoms with Crippen molar-refractivity contribution in [2.45, 2.75) is 18.6 Å². The molecular weight excluding hydrogens is 443 g/mol. The second-order valence-electron chi connectivity index (χ2n) is 7.29. The zero-order valence-corrected chi connectivity index (χ0v) is 16.9. The second-order valence-corrected chi connectivity index (χ2v) is 7.29. The maximum Gasteiger partial charge on any atom is 0.573 e. The molecule has 1 fully saturated rings. The van der Waals surface area contributed by atoms with E-state index in [-0.39, 0.29) is 24.3 Å². The van der Waals surface area contributed by atoms with Crippen molar-refractivity contribution in [2.75, 3.05) is 23.3 Å². The van der Waals surface area contributed by atoms with Crippen LogP contribution in [0, 0.1) is 0 Å². The first-order chi connectivity index (χ1) is 15.7. The molecule has 1 aliphatic rings. The molecular formula is C21H18F3N5O4. The van der Waals surface area contributed by atoms with Gasteiger partial charge in [-0.05, 0) is 30.3 Å². The molecule has 2 atom stereocenters. The van der Waals surface area contributed by atoms with Crippen LogP contribution in [0.5, 0.6) is 5.75 Å². The number of carbonyl (C=O) groups excluding carboxylic acids is 1. The van der Waals surface area contributed by atoms with Crippen molar-refractivity contribution < 1.29 is 32.9 Å². The number of aliphatic hydroxyl groups is 2. The SMILES string of the molecule is O=C(Nc1ccc(OC(F)(F)F)cc1)c1cnc(N2C[C@@H](O)[C@@H](O)C2)c(-c2cncnc2)c1. The molecule has 3 heterocycles. The zero-order valence-electron chi connectivity index (χ0n) is 16.9. The smallest absolute Gasteiger partial charge is 0.406 e. The number of hydrogen-bond donors (Lipinski definition) is 3.